The van der Waals surface area contributed by atoms with E-state index < -0.39 is 0 Å². The van der Waals surface area contributed by atoms with Gasteiger partial charge in [-0.05, 0) is 45.1 Å². The molecular formula is C12H21N. The van der Waals surface area contributed by atoms with Crippen LogP contribution in [0.15, 0.2) is 11.6 Å². The molecule has 0 bridgehead atoms. The van der Waals surface area contributed by atoms with Gasteiger partial charge in [0.15, 0.2) is 0 Å². The monoisotopic (exact) mass is 179 g/mol. The van der Waals surface area contributed by atoms with Crippen LogP contribution in [0.4, 0.5) is 0 Å². The first-order valence-corrected chi connectivity index (χ1v) is 5.76. The SMILES string of the molecule is CNC(CC1CC1)C1=CCCCC1. The smallest absolute Gasteiger partial charge is 0.0279 e. The number of rotatable bonds is 4. The van der Waals surface area contributed by atoms with Gasteiger partial charge in [-0.2, -0.15) is 0 Å². The summed E-state index contributed by atoms with van der Waals surface area (Å²) in [7, 11) is 2.11. The van der Waals surface area contributed by atoms with Gasteiger partial charge in [0.05, 0.1) is 0 Å². The molecule has 2 aliphatic carbocycles. The van der Waals surface area contributed by atoms with Crippen molar-refractivity contribution in [3.63, 3.8) is 0 Å². The molecule has 1 nitrogen and oxygen atoms in total. The topological polar surface area (TPSA) is 12.0 Å². The molecule has 13 heavy (non-hydrogen) atoms. The molecule has 1 heteroatoms. The molecule has 2 aliphatic rings. The maximum Gasteiger partial charge on any atom is 0.0279 e. The zero-order valence-corrected chi connectivity index (χ0v) is 8.68. The standard InChI is InChI=1S/C12H21N/c1-13-12(9-10-7-8-10)11-5-3-2-4-6-11/h5,10,12-13H,2-4,6-9H2,1H3. The fraction of sp³-hybridized carbons (Fsp3) is 0.833. The van der Waals surface area contributed by atoms with Crippen molar-refractivity contribution >= 4 is 0 Å². The fourth-order valence-electron chi connectivity index (χ4n) is 2.32. The van der Waals surface area contributed by atoms with Crippen molar-refractivity contribution in [3.05, 3.63) is 11.6 Å². The van der Waals surface area contributed by atoms with Gasteiger partial charge < -0.3 is 5.32 Å². The summed E-state index contributed by atoms with van der Waals surface area (Å²) in [6.07, 6.45) is 12.3. The summed E-state index contributed by atoms with van der Waals surface area (Å²) in [5, 5.41) is 3.47. The Kier molecular flexibility index (Phi) is 3.05. The minimum Gasteiger partial charge on any atom is -0.313 e. The van der Waals surface area contributed by atoms with Crippen LogP contribution >= 0.6 is 0 Å². The molecule has 0 radical (unpaired) electrons. The lowest BCUT2D eigenvalue weighted by Crippen LogP contribution is -2.28. The summed E-state index contributed by atoms with van der Waals surface area (Å²) in [5.74, 6) is 1.04. The zero-order chi connectivity index (χ0) is 9.10. The van der Waals surface area contributed by atoms with E-state index in [1.54, 1.807) is 5.57 Å². The van der Waals surface area contributed by atoms with Crippen LogP contribution < -0.4 is 5.32 Å². The van der Waals surface area contributed by atoms with Gasteiger partial charge in [0.2, 0.25) is 0 Å². The number of hydrogen-bond acceptors (Lipinski definition) is 1. The van der Waals surface area contributed by atoms with Crippen molar-refractivity contribution in [2.24, 2.45) is 5.92 Å². The summed E-state index contributed by atoms with van der Waals surface area (Å²) in [5.41, 5.74) is 1.70. The minimum atomic E-state index is 0.702. The predicted octanol–water partition coefficient (Wildman–Crippen LogP) is 2.87. The highest BCUT2D eigenvalue weighted by molar-refractivity contribution is 5.13. The maximum absolute atomic E-state index is 3.47. The Balaban J connectivity index is 1.89. The molecule has 1 unspecified atom stereocenters. The molecule has 0 spiro atoms. The first-order chi connectivity index (χ1) is 6.40. The second-order valence-electron chi connectivity index (χ2n) is 4.55. The molecule has 74 valence electrons. The molecule has 0 aromatic carbocycles. The van der Waals surface area contributed by atoms with Crippen molar-refractivity contribution in [1.82, 2.24) is 5.32 Å². The summed E-state index contributed by atoms with van der Waals surface area (Å²) >= 11 is 0. The van der Waals surface area contributed by atoms with E-state index in [1.165, 1.54) is 44.9 Å². The van der Waals surface area contributed by atoms with E-state index in [2.05, 4.69) is 18.4 Å². The molecule has 0 aromatic rings. The molecule has 1 saturated carbocycles. The molecule has 1 N–H and O–H groups in total. The van der Waals surface area contributed by atoms with E-state index in [4.69, 9.17) is 0 Å². The Morgan fingerprint density at radius 3 is 2.85 bits per heavy atom. The van der Waals surface area contributed by atoms with Gasteiger partial charge >= 0.3 is 0 Å². The summed E-state index contributed by atoms with van der Waals surface area (Å²) in [6, 6.07) is 0.702. The molecule has 2 rings (SSSR count). The molecule has 0 saturated heterocycles. The number of nitrogens with one attached hydrogen (secondary N) is 1. The van der Waals surface area contributed by atoms with Gasteiger partial charge in [0, 0.05) is 6.04 Å². The van der Waals surface area contributed by atoms with Crippen LogP contribution in [0.3, 0.4) is 0 Å². The number of hydrogen-bond donors (Lipinski definition) is 1. The third kappa shape index (κ3) is 2.57. The highest BCUT2D eigenvalue weighted by Gasteiger charge is 2.26. The first kappa shape index (κ1) is 9.26. The Morgan fingerprint density at radius 2 is 2.31 bits per heavy atom. The lowest BCUT2D eigenvalue weighted by atomic mass is 9.91. The van der Waals surface area contributed by atoms with Gasteiger partial charge in [-0.3, -0.25) is 0 Å². The molecule has 0 aromatic heterocycles. The number of likely N-dealkylation sites (N-methyl/N-ethyl adjacent to an activating group) is 1. The van der Waals surface area contributed by atoms with Crippen molar-refractivity contribution in [2.45, 2.75) is 51.0 Å². The van der Waals surface area contributed by atoms with E-state index >= 15 is 0 Å². The Labute approximate surface area is 81.6 Å². The Hall–Kier alpha value is -0.300. The Bertz CT molecular complexity index is 191. The fourth-order valence-corrected chi connectivity index (χ4v) is 2.32. The summed E-state index contributed by atoms with van der Waals surface area (Å²) < 4.78 is 0. The van der Waals surface area contributed by atoms with Crippen LogP contribution in [0.25, 0.3) is 0 Å². The van der Waals surface area contributed by atoms with Crippen LogP contribution in [-0.2, 0) is 0 Å². The minimum absolute atomic E-state index is 0.702. The third-order valence-corrected chi connectivity index (χ3v) is 3.39. The highest BCUT2D eigenvalue weighted by Crippen LogP contribution is 2.36. The summed E-state index contributed by atoms with van der Waals surface area (Å²) in [4.78, 5) is 0. The van der Waals surface area contributed by atoms with Crippen molar-refractivity contribution in [1.29, 1.82) is 0 Å². The molecule has 1 fully saturated rings. The largest absolute Gasteiger partial charge is 0.313 e. The molecule has 0 aliphatic heterocycles. The van der Waals surface area contributed by atoms with E-state index in [0.717, 1.165) is 5.92 Å². The normalized spacial score (nSPS) is 25.5. The van der Waals surface area contributed by atoms with Gasteiger partial charge in [0.25, 0.3) is 0 Å². The van der Waals surface area contributed by atoms with Gasteiger partial charge in [0.1, 0.15) is 0 Å². The van der Waals surface area contributed by atoms with Gasteiger partial charge in [-0.15, -0.1) is 0 Å². The second kappa shape index (κ2) is 4.28. The lowest BCUT2D eigenvalue weighted by Gasteiger charge is -2.22. The Morgan fingerprint density at radius 1 is 1.46 bits per heavy atom. The van der Waals surface area contributed by atoms with Crippen molar-refractivity contribution < 1.29 is 0 Å². The van der Waals surface area contributed by atoms with Crippen molar-refractivity contribution in [2.75, 3.05) is 7.05 Å². The van der Waals surface area contributed by atoms with Crippen LogP contribution in [0, 0.1) is 5.92 Å². The van der Waals surface area contributed by atoms with E-state index in [1.807, 2.05) is 0 Å². The van der Waals surface area contributed by atoms with E-state index in [0.29, 0.717) is 6.04 Å². The molecule has 1 atom stereocenters. The van der Waals surface area contributed by atoms with Gasteiger partial charge in [-0.1, -0.05) is 24.5 Å². The number of allylic oxidation sites excluding steroid dienone is 1. The van der Waals surface area contributed by atoms with Crippen LogP contribution in [0.5, 0.6) is 0 Å². The molecular weight excluding hydrogens is 158 g/mol. The van der Waals surface area contributed by atoms with Crippen LogP contribution in [0.1, 0.15) is 44.9 Å². The molecule has 0 amide bonds. The molecule has 0 heterocycles. The van der Waals surface area contributed by atoms with E-state index in [9.17, 15) is 0 Å². The average molecular weight is 179 g/mol. The van der Waals surface area contributed by atoms with Crippen LogP contribution in [-0.4, -0.2) is 13.1 Å². The predicted molar refractivity (Wildman–Crippen MR) is 56.7 cm³/mol. The van der Waals surface area contributed by atoms with Gasteiger partial charge in [-0.25, -0.2) is 0 Å². The van der Waals surface area contributed by atoms with E-state index in [-0.39, 0.29) is 0 Å². The quantitative estimate of drug-likeness (QED) is 0.654. The van der Waals surface area contributed by atoms with Crippen LogP contribution in [0.2, 0.25) is 0 Å². The zero-order valence-electron chi connectivity index (χ0n) is 8.68. The summed E-state index contributed by atoms with van der Waals surface area (Å²) in [6.45, 7) is 0. The lowest BCUT2D eigenvalue weighted by molar-refractivity contribution is 0.514. The first-order valence-electron chi connectivity index (χ1n) is 5.76. The van der Waals surface area contributed by atoms with Crippen molar-refractivity contribution in [3.8, 4) is 0 Å². The second-order valence-corrected chi connectivity index (χ2v) is 4.55. The maximum atomic E-state index is 3.47. The highest BCUT2D eigenvalue weighted by atomic mass is 14.9. The average Bonchev–Trinajstić information content (AvgIpc) is 2.99. The third-order valence-electron chi connectivity index (χ3n) is 3.39.